The quantitative estimate of drug-likeness (QED) is 0.344. The fourth-order valence-electron chi connectivity index (χ4n) is 7.17. The van der Waals surface area contributed by atoms with Gasteiger partial charge in [0.25, 0.3) is 11.8 Å². The molecule has 0 spiro atoms. The zero-order valence-electron chi connectivity index (χ0n) is 29.7. The van der Waals surface area contributed by atoms with Crippen LogP contribution in [0.25, 0.3) is 0 Å². The third-order valence-electron chi connectivity index (χ3n) is 9.59. The van der Waals surface area contributed by atoms with E-state index in [1.54, 1.807) is 9.80 Å². The van der Waals surface area contributed by atoms with Crippen LogP contribution in [-0.2, 0) is 9.53 Å². The number of nitrogens with one attached hydrogen (secondary N) is 1. The zero-order valence-corrected chi connectivity index (χ0v) is 29.7. The van der Waals surface area contributed by atoms with Gasteiger partial charge in [0, 0.05) is 56.3 Å². The van der Waals surface area contributed by atoms with Gasteiger partial charge in [0.1, 0.15) is 23.3 Å². The molecule has 11 heteroatoms. The summed E-state index contributed by atoms with van der Waals surface area (Å²) >= 11 is 0. The molecule has 10 nitrogen and oxygen atoms in total. The molecule has 2 aromatic carbocycles. The lowest BCUT2D eigenvalue weighted by molar-refractivity contribution is -0.114. The molecule has 2 heterocycles. The molecular weight excluding hydrogens is 627 g/mol. The van der Waals surface area contributed by atoms with Crippen molar-refractivity contribution in [2.45, 2.75) is 104 Å². The Morgan fingerprint density at radius 1 is 0.857 bits per heavy atom. The molecule has 3 fully saturated rings. The Morgan fingerprint density at radius 3 is 2.27 bits per heavy atom. The summed E-state index contributed by atoms with van der Waals surface area (Å²) in [5.41, 5.74) is 1.43. The minimum Gasteiger partial charge on any atom is -0.488 e. The molecule has 2 aliphatic heterocycles. The Hall–Kier alpha value is -4.15. The summed E-state index contributed by atoms with van der Waals surface area (Å²) in [4.78, 5) is 57.1. The van der Waals surface area contributed by atoms with Crippen LogP contribution in [0.1, 0.15) is 112 Å². The van der Waals surface area contributed by atoms with E-state index in [4.69, 9.17) is 9.47 Å². The first-order valence-electron chi connectivity index (χ1n) is 17.7. The number of nitrogens with zero attached hydrogens (tertiary/aromatic N) is 3. The van der Waals surface area contributed by atoms with Gasteiger partial charge in [0.2, 0.25) is 5.91 Å². The molecule has 0 unspecified atom stereocenters. The normalized spacial score (nSPS) is 20.4. The Morgan fingerprint density at radius 2 is 1.59 bits per heavy atom. The highest BCUT2D eigenvalue weighted by Crippen LogP contribution is 2.39. The molecule has 4 amide bonds. The number of carbonyl (C=O) groups is 4. The third-order valence-corrected chi connectivity index (χ3v) is 9.59. The Kier molecular flexibility index (Phi) is 11.2. The van der Waals surface area contributed by atoms with Gasteiger partial charge in [-0.05, 0) is 87.4 Å². The number of hydrogen-bond donors (Lipinski definition) is 1. The lowest BCUT2D eigenvalue weighted by Crippen LogP contribution is -2.58. The third kappa shape index (κ3) is 9.10. The average molecular weight is 679 g/mol. The van der Waals surface area contributed by atoms with Crippen molar-refractivity contribution < 1.29 is 33.0 Å². The molecule has 1 N–H and O–H groups in total. The number of hydrogen-bond acceptors (Lipinski definition) is 6. The lowest BCUT2D eigenvalue weighted by atomic mass is 9.83. The first-order valence-corrected chi connectivity index (χ1v) is 17.7. The maximum absolute atomic E-state index is 14.4. The van der Waals surface area contributed by atoms with E-state index in [0.29, 0.717) is 44.7 Å². The second-order valence-electron chi connectivity index (χ2n) is 15.0. The summed E-state index contributed by atoms with van der Waals surface area (Å²) in [5.74, 6) is -0.304. The number of halogens is 1. The van der Waals surface area contributed by atoms with E-state index in [1.807, 2.05) is 57.7 Å². The SMILES string of the molecule is CC(=O)Nc1cc(F)cc(C(=O)N2CCN(C(=O)c3ccc(O[C@H]4CCN(C(=O)OC(C)(C)C)C4)c(C4CCCCC4)c3)[C@@H](C(C)C)C2)c1. The second-order valence-corrected chi connectivity index (χ2v) is 15.0. The summed E-state index contributed by atoms with van der Waals surface area (Å²) < 4.78 is 26.5. The van der Waals surface area contributed by atoms with Crippen molar-refractivity contribution in [2.24, 2.45) is 5.92 Å². The van der Waals surface area contributed by atoms with Crippen LogP contribution in [-0.4, -0.2) is 89.0 Å². The van der Waals surface area contributed by atoms with Crippen molar-refractivity contribution >= 4 is 29.5 Å². The average Bonchev–Trinajstić information content (AvgIpc) is 3.52. The molecule has 2 aromatic rings. The van der Waals surface area contributed by atoms with Crippen LogP contribution in [0.4, 0.5) is 14.9 Å². The van der Waals surface area contributed by atoms with Crippen LogP contribution >= 0.6 is 0 Å². The van der Waals surface area contributed by atoms with Crippen molar-refractivity contribution in [3.63, 3.8) is 0 Å². The molecule has 266 valence electrons. The van der Waals surface area contributed by atoms with Crippen molar-refractivity contribution in [1.82, 2.24) is 14.7 Å². The Labute approximate surface area is 289 Å². The molecular formula is C38H51FN4O6. The summed E-state index contributed by atoms with van der Waals surface area (Å²) in [6, 6.07) is 9.32. The largest absolute Gasteiger partial charge is 0.488 e. The molecule has 3 aliphatic rings. The lowest BCUT2D eigenvalue weighted by Gasteiger charge is -2.43. The van der Waals surface area contributed by atoms with Crippen LogP contribution in [0.5, 0.6) is 5.75 Å². The number of amides is 4. The van der Waals surface area contributed by atoms with Gasteiger partial charge in [0.05, 0.1) is 12.6 Å². The number of benzene rings is 2. The van der Waals surface area contributed by atoms with E-state index in [2.05, 4.69) is 5.32 Å². The highest BCUT2D eigenvalue weighted by Gasteiger charge is 2.36. The smallest absolute Gasteiger partial charge is 0.410 e. The van der Waals surface area contributed by atoms with Crippen LogP contribution in [0.15, 0.2) is 36.4 Å². The Bertz CT molecular complexity index is 1550. The highest BCUT2D eigenvalue weighted by atomic mass is 19.1. The molecule has 1 saturated carbocycles. The van der Waals surface area contributed by atoms with Gasteiger partial charge in [-0.1, -0.05) is 33.1 Å². The first-order chi connectivity index (χ1) is 23.2. The van der Waals surface area contributed by atoms with Crippen LogP contribution in [0.3, 0.4) is 0 Å². The molecule has 0 aromatic heterocycles. The van der Waals surface area contributed by atoms with Crippen LogP contribution < -0.4 is 10.1 Å². The van der Waals surface area contributed by atoms with Crippen molar-refractivity contribution in [3.8, 4) is 5.75 Å². The van der Waals surface area contributed by atoms with Gasteiger partial charge in [-0.2, -0.15) is 0 Å². The van der Waals surface area contributed by atoms with E-state index in [9.17, 15) is 23.6 Å². The van der Waals surface area contributed by atoms with Crippen LogP contribution in [0, 0.1) is 11.7 Å². The predicted molar refractivity (Wildman–Crippen MR) is 185 cm³/mol. The van der Waals surface area contributed by atoms with E-state index in [-0.39, 0.29) is 59.0 Å². The fourth-order valence-corrected chi connectivity index (χ4v) is 7.17. The van der Waals surface area contributed by atoms with Crippen LogP contribution in [0.2, 0.25) is 0 Å². The fraction of sp³-hybridized carbons (Fsp3) is 0.579. The molecule has 1 aliphatic carbocycles. The minimum atomic E-state index is -0.613. The standard InChI is InChI=1S/C38H51FN4O6/c1-24(2)33-23-41(35(45)28-18-29(39)21-30(19-28)40-25(3)44)16-17-43(33)36(46)27-12-13-34(32(20-27)26-10-8-7-9-11-26)48-31-14-15-42(22-31)37(47)49-38(4,5)6/h12-13,18-21,24,26,31,33H,7-11,14-17,22-23H2,1-6H3,(H,40,44)/t31-,33+/m0/s1. The molecule has 49 heavy (non-hydrogen) atoms. The molecule has 0 radical (unpaired) electrons. The molecule has 0 bridgehead atoms. The monoisotopic (exact) mass is 678 g/mol. The molecule has 2 saturated heterocycles. The number of likely N-dealkylation sites (tertiary alicyclic amines) is 1. The van der Waals surface area contributed by atoms with E-state index >= 15 is 0 Å². The van der Waals surface area contributed by atoms with Gasteiger partial charge in [0.15, 0.2) is 0 Å². The highest BCUT2D eigenvalue weighted by molar-refractivity contribution is 5.98. The number of piperazine rings is 1. The molecule has 2 atom stereocenters. The van der Waals surface area contributed by atoms with E-state index in [0.717, 1.165) is 37.0 Å². The van der Waals surface area contributed by atoms with Crippen molar-refractivity contribution in [2.75, 3.05) is 38.0 Å². The molecule has 5 rings (SSSR count). The summed E-state index contributed by atoms with van der Waals surface area (Å²) in [6.07, 6.45) is 5.71. The zero-order chi connectivity index (χ0) is 35.5. The topological polar surface area (TPSA) is 108 Å². The summed E-state index contributed by atoms with van der Waals surface area (Å²) in [5, 5.41) is 2.54. The Balaban J connectivity index is 1.32. The van der Waals surface area contributed by atoms with Crippen molar-refractivity contribution in [3.05, 3.63) is 58.9 Å². The number of ether oxygens (including phenoxy) is 2. The summed E-state index contributed by atoms with van der Waals surface area (Å²) in [7, 11) is 0. The van der Waals surface area contributed by atoms with Gasteiger partial charge in [-0.3, -0.25) is 14.4 Å². The van der Waals surface area contributed by atoms with E-state index < -0.39 is 11.4 Å². The minimum absolute atomic E-state index is 0.0534. The second kappa shape index (κ2) is 15.2. The summed E-state index contributed by atoms with van der Waals surface area (Å²) in [6.45, 7) is 12.9. The van der Waals surface area contributed by atoms with Gasteiger partial charge >= 0.3 is 6.09 Å². The van der Waals surface area contributed by atoms with Gasteiger partial charge < -0.3 is 29.5 Å². The van der Waals surface area contributed by atoms with Crippen molar-refractivity contribution in [1.29, 1.82) is 0 Å². The number of carbonyl (C=O) groups excluding carboxylic acids is 4. The predicted octanol–water partition coefficient (Wildman–Crippen LogP) is 6.84. The maximum atomic E-state index is 14.4. The number of rotatable bonds is 7. The maximum Gasteiger partial charge on any atom is 0.410 e. The van der Waals surface area contributed by atoms with Gasteiger partial charge in [-0.15, -0.1) is 0 Å². The first kappa shape index (κ1) is 36.1. The van der Waals surface area contributed by atoms with E-state index in [1.165, 1.54) is 31.5 Å². The number of anilines is 1. The van der Waals surface area contributed by atoms with Gasteiger partial charge in [-0.25, -0.2) is 9.18 Å².